The third kappa shape index (κ3) is 3.83. The van der Waals surface area contributed by atoms with Crippen molar-refractivity contribution >= 4 is 8.32 Å². The number of rotatable bonds is 4. The van der Waals surface area contributed by atoms with E-state index >= 15 is 0 Å². The van der Waals surface area contributed by atoms with E-state index in [9.17, 15) is 5.11 Å². The van der Waals surface area contributed by atoms with E-state index in [1.54, 1.807) is 7.11 Å². The third-order valence-electron chi connectivity index (χ3n) is 5.05. The summed E-state index contributed by atoms with van der Waals surface area (Å²) in [6, 6.07) is 0. The molecule has 1 heterocycles. The number of aliphatic hydroxyl groups excluding tert-OH is 1. The van der Waals surface area contributed by atoms with Gasteiger partial charge in [-0.2, -0.15) is 0 Å². The van der Waals surface area contributed by atoms with E-state index in [1.165, 1.54) is 0 Å². The molecule has 5 atom stereocenters. The number of ether oxygens (including phenoxy) is 2. The summed E-state index contributed by atoms with van der Waals surface area (Å²) in [4.78, 5) is 0. The lowest BCUT2D eigenvalue weighted by molar-refractivity contribution is -0.257. The van der Waals surface area contributed by atoms with Crippen LogP contribution in [-0.2, 0) is 13.9 Å². The van der Waals surface area contributed by atoms with Crippen LogP contribution in [0.3, 0.4) is 0 Å². The molecule has 1 N–H and O–H groups in total. The maximum Gasteiger partial charge on any atom is 0.192 e. The van der Waals surface area contributed by atoms with E-state index < -0.39 is 14.4 Å². The Morgan fingerprint density at radius 3 is 2.15 bits per heavy atom. The topological polar surface area (TPSA) is 47.9 Å². The van der Waals surface area contributed by atoms with Gasteiger partial charge in [0.05, 0.1) is 18.8 Å². The molecule has 1 aliphatic rings. The zero-order chi connectivity index (χ0) is 15.7. The maximum absolute atomic E-state index is 10.3. The Hall–Kier alpha value is 0.0569. The summed E-state index contributed by atoms with van der Waals surface area (Å²) in [7, 11) is -0.171. The van der Waals surface area contributed by atoms with Crippen molar-refractivity contribution in [2.45, 2.75) is 71.2 Å². The summed E-state index contributed by atoms with van der Waals surface area (Å²) in [6.07, 6.45) is -0.879. The normalized spacial score (nSPS) is 36.1. The van der Waals surface area contributed by atoms with E-state index in [4.69, 9.17) is 13.9 Å². The SMILES string of the molecule is CO[C@H]1O[C@H](CO[Si](C)(C)C(C)(C)C)[C@@H](C)[C@H](O)[C@@H]1C. The lowest BCUT2D eigenvalue weighted by Crippen LogP contribution is -2.53. The summed E-state index contributed by atoms with van der Waals surface area (Å²) in [5, 5.41) is 10.5. The second-order valence-electron chi connectivity index (χ2n) is 7.56. The molecule has 0 aromatic carbocycles. The van der Waals surface area contributed by atoms with E-state index in [0.29, 0.717) is 6.61 Å². The molecule has 0 bridgehead atoms. The first-order valence-corrected chi connectivity index (χ1v) is 10.4. The number of aliphatic hydroxyl groups is 1. The molecule has 0 aromatic heterocycles. The van der Waals surface area contributed by atoms with E-state index in [-0.39, 0.29) is 29.3 Å². The van der Waals surface area contributed by atoms with Crippen molar-refractivity contribution in [2.75, 3.05) is 13.7 Å². The van der Waals surface area contributed by atoms with Gasteiger partial charge in [0, 0.05) is 18.9 Å². The molecule has 1 fully saturated rings. The average Bonchev–Trinajstić information content (AvgIpc) is 2.34. The average molecular weight is 305 g/mol. The van der Waals surface area contributed by atoms with Gasteiger partial charge in [-0.1, -0.05) is 34.6 Å². The molecular weight excluding hydrogens is 272 g/mol. The highest BCUT2D eigenvalue weighted by atomic mass is 28.4. The first-order chi connectivity index (χ1) is 9.01. The van der Waals surface area contributed by atoms with Gasteiger partial charge >= 0.3 is 0 Å². The molecule has 1 saturated heterocycles. The van der Waals surface area contributed by atoms with Crippen molar-refractivity contribution in [3.8, 4) is 0 Å². The van der Waals surface area contributed by atoms with E-state index in [0.717, 1.165) is 0 Å². The maximum atomic E-state index is 10.3. The van der Waals surface area contributed by atoms with Crippen molar-refractivity contribution in [2.24, 2.45) is 11.8 Å². The van der Waals surface area contributed by atoms with Crippen molar-refractivity contribution in [3.05, 3.63) is 0 Å². The molecule has 0 unspecified atom stereocenters. The smallest absolute Gasteiger partial charge is 0.192 e. The molecule has 5 heteroatoms. The number of hydrogen-bond donors (Lipinski definition) is 1. The fraction of sp³-hybridized carbons (Fsp3) is 1.00. The molecule has 0 amide bonds. The van der Waals surface area contributed by atoms with Gasteiger partial charge in [-0.25, -0.2) is 0 Å². The predicted molar refractivity (Wildman–Crippen MR) is 83.2 cm³/mol. The Morgan fingerprint density at radius 1 is 1.15 bits per heavy atom. The van der Waals surface area contributed by atoms with Gasteiger partial charge < -0.3 is 19.0 Å². The van der Waals surface area contributed by atoms with Gasteiger partial charge in [0.25, 0.3) is 0 Å². The lowest BCUT2D eigenvalue weighted by atomic mass is 9.86. The van der Waals surface area contributed by atoms with Gasteiger partial charge in [-0.05, 0) is 18.1 Å². The Kier molecular flexibility index (Phi) is 5.83. The van der Waals surface area contributed by atoms with E-state index in [1.807, 2.05) is 13.8 Å². The molecule has 0 saturated carbocycles. The summed E-state index contributed by atoms with van der Waals surface area (Å²) in [5.41, 5.74) is 0. The number of methoxy groups -OCH3 is 1. The lowest BCUT2D eigenvalue weighted by Gasteiger charge is -2.44. The van der Waals surface area contributed by atoms with Crippen LogP contribution < -0.4 is 0 Å². The molecule has 1 aliphatic heterocycles. The third-order valence-corrected chi connectivity index (χ3v) is 9.55. The molecule has 0 spiro atoms. The van der Waals surface area contributed by atoms with Crippen LogP contribution in [0, 0.1) is 11.8 Å². The van der Waals surface area contributed by atoms with Crippen LogP contribution in [0.15, 0.2) is 0 Å². The molecule has 0 radical (unpaired) electrons. The van der Waals surface area contributed by atoms with Crippen LogP contribution in [-0.4, -0.2) is 45.6 Å². The van der Waals surface area contributed by atoms with Crippen molar-refractivity contribution in [1.82, 2.24) is 0 Å². The zero-order valence-electron chi connectivity index (χ0n) is 14.3. The molecular formula is C15H32O4Si. The second kappa shape index (κ2) is 6.44. The van der Waals surface area contributed by atoms with Crippen molar-refractivity contribution in [3.63, 3.8) is 0 Å². The largest absolute Gasteiger partial charge is 0.414 e. The van der Waals surface area contributed by atoms with Crippen LogP contribution in [0.1, 0.15) is 34.6 Å². The highest BCUT2D eigenvalue weighted by Crippen LogP contribution is 2.38. The van der Waals surface area contributed by atoms with Crippen LogP contribution in [0.25, 0.3) is 0 Å². The quantitative estimate of drug-likeness (QED) is 0.811. The van der Waals surface area contributed by atoms with Crippen LogP contribution >= 0.6 is 0 Å². The minimum absolute atomic E-state index is 0.0147. The van der Waals surface area contributed by atoms with Gasteiger partial charge in [-0.3, -0.25) is 0 Å². The summed E-state index contributed by atoms with van der Waals surface area (Å²) >= 11 is 0. The van der Waals surface area contributed by atoms with Crippen LogP contribution in [0.4, 0.5) is 0 Å². The van der Waals surface area contributed by atoms with Crippen molar-refractivity contribution in [1.29, 1.82) is 0 Å². The highest BCUT2D eigenvalue weighted by Gasteiger charge is 2.43. The molecule has 1 rings (SSSR count). The van der Waals surface area contributed by atoms with Crippen LogP contribution in [0.2, 0.25) is 18.1 Å². The van der Waals surface area contributed by atoms with Gasteiger partial charge in [-0.15, -0.1) is 0 Å². The Balaban J connectivity index is 2.68. The van der Waals surface area contributed by atoms with Crippen LogP contribution in [0.5, 0.6) is 0 Å². The summed E-state index contributed by atoms with van der Waals surface area (Å²) < 4.78 is 17.5. The first-order valence-electron chi connectivity index (χ1n) is 7.51. The second-order valence-corrected chi connectivity index (χ2v) is 12.4. The predicted octanol–water partition coefficient (Wildman–Crippen LogP) is 3.01. The molecule has 0 aliphatic carbocycles. The Morgan fingerprint density at radius 2 is 1.70 bits per heavy atom. The monoisotopic (exact) mass is 304 g/mol. The van der Waals surface area contributed by atoms with E-state index in [2.05, 4.69) is 33.9 Å². The Labute approximate surface area is 124 Å². The first kappa shape index (κ1) is 18.1. The zero-order valence-corrected chi connectivity index (χ0v) is 15.3. The molecule has 4 nitrogen and oxygen atoms in total. The molecule has 120 valence electrons. The Bertz CT molecular complexity index is 311. The molecule has 0 aromatic rings. The fourth-order valence-corrected chi connectivity index (χ4v) is 3.26. The number of hydrogen-bond acceptors (Lipinski definition) is 4. The van der Waals surface area contributed by atoms with Gasteiger partial charge in [0.1, 0.15) is 0 Å². The standard InChI is InChI=1S/C15H32O4Si/c1-10-12(9-18-20(7,8)15(3,4)5)19-14(17-6)11(2)13(10)16/h10-14,16H,9H2,1-8H3/t10-,11+,12-,13+,14+/m1/s1. The summed E-state index contributed by atoms with van der Waals surface area (Å²) in [5.74, 6) is 0.0419. The fourth-order valence-electron chi connectivity index (χ4n) is 2.25. The van der Waals surface area contributed by atoms with Gasteiger partial charge in [0.15, 0.2) is 14.6 Å². The highest BCUT2D eigenvalue weighted by molar-refractivity contribution is 6.74. The summed E-state index contributed by atoms with van der Waals surface area (Å²) in [6.45, 7) is 15.6. The minimum Gasteiger partial charge on any atom is -0.414 e. The minimum atomic E-state index is -1.79. The molecule has 20 heavy (non-hydrogen) atoms. The van der Waals surface area contributed by atoms with Gasteiger partial charge in [0.2, 0.25) is 0 Å². The van der Waals surface area contributed by atoms with Crippen molar-refractivity contribution < 1.29 is 19.0 Å².